The second-order valence-electron chi connectivity index (χ2n) is 10.5. The maximum Gasteiger partial charge on any atom is 0.220 e. The molecule has 2 aliphatic heterocycles. The van der Waals surface area contributed by atoms with Gasteiger partial charge in [0.15, 0.2) is 0 Å². The lowest BCUT2D eigenvalue weighted by Gasteiger charge is -2.14. The van der Waals surface area contributed by atoms with Crippen molar-refractivity contribution in [1.29, 1.82) is 0 Å². The summed E-state index contributed by atoms with van der Waals surface area (Å²) in [7, 11) is 1.86. The number of hydrogen-bond donors (Lipinski definition) is 2. The predicted molar refractivity (Wildman–Crippen MR) is 150 cm³/mol. The summed E-state index contributed by atoms with van der Waals surface area (Å²) in [5.74, 6) is 1.16. The number of aryl methyl sites for hydroxylation is 1. The molecule has 8 heteroatoms. The number of aldehydes is 1. The minimum Gasteiger partial charge on any atom is -0.373 e. The topological polar surface area (TPSA) is 101 Å². The van der Waals surface area contributed by atoms with Crippen LogP contribution in [-0.4, -0.2) is 53.3 Å². The summed E-state index contributed by atoms with van der Waals surface area (Å²) in [6, 6.07) is 8.38. The van der Waals surface area contributed by atoms with E-state index in [1.807, 2.05) is 59.3 Å². The van der Waals surface area contributed by atoms with Crippen molar-refractivity contribution in [3.63, 3.8) is 0 Å². The first-order chi connectivity index (χ1) is 17.6. The number of hydrogen-bond acceptors (Lipinski definition) is 6. The molecule has 1 atom stereocenters. The Labute approximate surface area is 219 Å². The number of nitrogens with zero attached hydrogens (tertiary/aromatic N) is 4. The van der Waals surface area contributed by atoms with Crippen molar-refractivity contribution in [3.05, 3.63) is 65.9 Å². The Balaban J connectivity index is 0.000000568. The molecule has 0 aliphatic carbocycles. The van der Waals surface area contributed by atoms with E-state index in [0.717, 1.165) is 40.5 Å². The molecule has 1 unspecified atom stereocenters. The van der Waals surface area contributed by atoms with Crippen LogP contribution in [0.3, 0.4) is 0 Å². The summed E-state index contributed by atoms with van der Waals surface area (Å²) in [5, 5.41) is 6.03. The zero-order valence-electron chi connectivity index (χ0n) is 22.7. The first-order valence-electron chi connectivity index (χ1n) is 12.6. The van der Waals surface area contributed by atoms with Crippen molar-refractivity contribution in [3.8, 4) is 11.3 Å². The molecule has 3 heterocycles. The van der Waals surface area contributed by atoms with Crippen molar-refractivity contribution in [2.24, 2.45) is 21.3 Å². The highest BCUT2D eigenvalue weighted by Crippen LogP contribution is 2.26. The Kier molecular flexibility index (Phi) is 9.33. The van der Waals surface area contributed by atoms with E-state index in [1.165, 1.54) is 5.56 Å². The molecule has 1 amide bonds. The van der Waals surface area contributed by atoms with Gasteiger partial charge in [-0.2, -0.15) is 0 Å². The van der Waals surface area contributed by atoms with Crippen LogP contribution in [0.15, 0.2) is 64.6 Å². The van der Waals surface area contributed by atoms with Crippen molar-refractivity contribution in [2.45, 2.75) is 47.6 Å². The third-order valence-corrected chi connectivity index (χ3v) is 5.86. The molecule has 8 nitrogen and oxygen atoms in total. The molecule has 1 aromatic heterocycles. The molecule has 1 fully saturated rings. The van der Waals surface area contributed by atoms with Gasteiger partial charge in [0.2, 0.25) is 5.91 Å². The standard InChI is InChI=1S/C24H28N6O.C5H10O/c1-16-4-7-19(8-5-16)23-24(30(15-28-23)14-18-12-22(31)27-13-18)20-9-6-17(2)29-21(25-3)10-11-26-20;1-5(2,3)4-6/h4-10,15,18,25H,11-14H2,1-3H3,(H,27,31);4H,1-3H3/b9-6-,21-10-,26-20?,29-17+;. The summed E-state index contributed by atoms with van der Waals surface area (Å²) in [5.41, 5.74) is 5.72. The van der Waals surface area contributed by atoms with Crippen LogP contribution in [0.4, 0.5) is 0 Å². The van der Waals surface area contributed by atoms with Crippen LogP contribution in [0.2, 0.25) is 0 Å². The average molecular weight is 503 g/mol. The van der Waals surface area contributed by atoms with Gasteiger partial charge < -0.3 is 20.0 Å². The molecule has 2 N–H and O–H groups in total. The van der Waals surface area contributed by atoms with Crippen LogP contribution in [0.5, 0.6) is 0 Å². The smallest absolute Gasteiger partial charge is 0.220 e. The summed E-state index contributed by atoms with van der Waals surface area (Å²) in [6.45, 7) is 11.6. The van der Waals surface area contributed by atoms with Gasteiger partial charge in [0.25, 0.3) is 0 Å². The van der Waals surface area contributed by atoms with E-state index in [1.54, 1.807) is 0 Å². The lowest BCUT2D eigenvalue weighted by Crippen LogP contribution is -2.18. The maximum absolute atomic E-state index is 11.7. The highest BCUT2D eigenvalue weighted by Gasteiger charge is 2.25. The molecule has 0 spiro atoms. The zero-order chi connectivity index (χ0) is 27.0. The summed E-state index contributed by atoms with van der Waals surface area (Å²) in [4.78, 5) is 35.7. The summed E-state index contributed by atoms with van der Waals surface area (Å²) >= 11 is 0. The molecule has 2 aliphatic rings. The van der Waals surface area contributed by atoms with E-state index < -0.39 is 0 Å². The molecule has 1 aromatic carbocycles. The van der Waals surface area contributed by atoms with E-state index >= 15 is 0 Å². The highest BCUT2D eigenvalue weighted by atomic mass is 16.1. The zero-order valence-corrected chi connectivity index (χ0v) is 22.7. The summed E-state index contributed by atoms with van der Waals surface area (Å²) < 4.78 is 2.14. The Hall–Kier alpha value is -3.81. The van der Waals surface area contributed by atoms with Crippen LogP contribution in [-0.2, 0) is 16.1 Å². The van der Waals surface area contributed by atoms with Gasteiger partial charge in [-0.15, -0.1) is 0 Å². The number of imidazole rings is 1. The third-order valence-electron chi connectivity index (χ3n) is 5.86. The van der Waals surface area contributed by atoms with Crippen LogP contribution < -0.4 is 10.6 Å². The first kappa shape index (κ1) is 27.8. The number of nitrogens with one attached hydrogen (secondary N) is 2. The Morgan fingerprint density at radius 2 is 1.86 bits per heavy atom. The molecule has 1 saturated heterocycles. The largest absolute Gasteiger partial charge is 0.373 e. The minimum absolute atomic E-state index is 0.113. The van der Waals surface area contributed by atoms with Gasteiger partial charge in [-0.25, -0.2) is 9.98 Å². The Morgan fingerprint density at radius 3 is 2.46 bits per heavy atom. The fourth-order valence-electron chi connectivity index (χ4n) is 3.85. The molecular formula is C29H38N6O2. The van der Waals surface area contributed by atoms with Gasteiger partial charge in [0, 0.05) is 49.2 Å². The Morgan fingerprint density at radius 1 is 1.16 bits per heavy atom. The molecule has 0 saturated carbocycles. The number of aliphatic imine (C=N–C) groups is 2. The minimum atomic E-state index is -0.139. The lowest BCUT2D eigenvalue weighted by molar-refractivity contribution is -0.119. The normalized spacial score (nSPS) is 21.4. The molecule has 37 heavy (non-hydrogen) atoms. The van der Waals surface area contributed by atoms with E-state index in [0.29, 0.717) is 26.1 Å². The lowest BCUT2D eigenvalue weighted by atomic mass is 10.0. The van der Waals surface area contributed by atoms with Gasteiger partial charge in [0.05, 0.1) is 30.0 Å². The van der Waals surface area contributed by atoms with E-state index in [4.69, 9.17) is 9.98 Å². The number of allylic oxidation sites excluding steroid dienone is 2. The number of aromatic nitrogens is 2. The van der Waals surface area contributed by atoms with Crippen LogP contribution in [0.1, 0.15) is 45.4 Å². The van der Waals surface area contributed by atoms with Crippen LogP contribution in [0.25, 0.3) is 11.3 Å². The van der Waals surface area contributed by atoms with E-state index in [-0.39, 0.29) is 17.2 Å². The van der Waals surface area contributed by atoms with Gasteiger partial charge in [-0.3, -0.25) is 9.79 Å². The summed E-state index contributed by atoms with van der Waals surface area (Å²) in [6.07, 6.45) is 9.31. The van der Waals surface area contributed by atoms with Crippen molar-refractivity contribution >= 4 is 23.6 Å². The van der Waals surface area contributed by atoms with Gasteiger partial charge in [-0.05, 0) is 32.1 Å². The third kappa shape index (κ3) is 8.10. The second kappa shape index (κ2) is 12.4. The Bertz CT molecular complexity index is 1230. The fourth-order valence-corrected chi connectivity index (χ4v) is 3.85. The van der Waals surface area contributed by atoms with Gasteiger partial charge in [-0.1, -0.05) is 50.6 Å². The maximum atomic E-state index is 11.7. The van der Waals surface area contributed by atoms with E-state index in [9.17, 15) is 9.59 Å². The number of rotatable bonds is 5. The molecule has 0 bridgehead atoms. The van der Waals surface area contributed by atoms with Crippen molar-refractivity contribution in [2.75, 3.05) is 20.1 Å². The average Bonchev–Trinajstić information content (AvgIpc) is 3.48. The van der Waals surface area contributed by atoms with Gasteiger partial charge in [0.1, 0.15) is 12.1 Å². The molecule has 196 valence electrons. The molecule has 2 aromatic rings. The molecule has 0 radical (unpaired) electrons. The monoisotopic (exact) mass is 502 g/mol. The molecule has 4 rings (SSSR count). The van der Waals surface area contributed by atoms with Crippen molar-refractivity contribution in [1.82, 2.24) is 20.2 Å². The van der Waals surface area contributed by atoms with Gasteiger partial charge >= 0.3 is 0 Å². The van der Waals surface area contributed by atoms with Crippen molar-refractivity contribution < 1.29 is 9.59 Å². The SMILES string of the molecule is CC(C)(C)C=O.CNC1=C\CN=C(c2c(-c3ccc(C)cc3)ncn2CC2CNC(=O)C2)\C=C/C(C)=N/1. The van der Waals surface area contributed by atoms with Crippen LogP contribution in [0, 0.1) is 18.3 Å². The quantitative estimate of drug-likeness (QED) is 0.601. The second-order valence-corrected chi connectivity index (χ2v) is 10.5. The number of carbonyl (C=O) groups is 2. The predicted octanol–water partition coefficient (Wildman–Crippen LogP) is 4.11. The fraction of sp³-hybridized carbons (Fsp3) is 0.414. The van der Waals surface area contributed by atoms with Crippen LogP contribution >= 0.6 is 0 Å². The first-order valence-corrected chi connectivity index (χ1v) is 12.6. The number of carbonyl (C=O) groups excluding carboxylic acids is 2. The highest BCUT2D eigenvalue weighted by molar-refractivity contribution is 6.13. The van der Waals surface area contributed by atoms with E-state index in [2.05, 4.69) is 51.4 Å². The number of benzene rings is 1. The molecular weight excluding hydrogens is 464 g/mol. The number of amides is 1.